The van der Waals surface area contributed by atoms with Crippen molar-refractivity contribution in [3.05, 3.63) is 29.8 Å². The second-order valence-corrected chi connectivity index (χ2v) is 5.94. The zero-order valence-corrected chi connectivity index (χ0v) is 11.8. The minimum absolute atomic E-state index is 0.194. The van der Waals surface area contributed by atoms with Crippen LogP contribution < -0.4 is 4.90 Å². The Morgan fingerprint density at radius 2 is 1.95 bits per heavy atom. The summed E-state index contributed by atoms with van der Waals surface area (Å²) in [5.41, 5.74) is 2.87. The van der Waals surface area contributed by atoms with Crippen LogP contribution in [0.15, 0.2) is 24.3 Å². The van der Waals surface area contributed by atoms with Crippen molar-refractivity contribution >= 4 is 11.7 Å². The molecule has 1 aromatic rings. The van der Waals surface area contributed by atoms with Gasteiger partial charge >= 0.3 is 5.97 Å². The smallest absolute Gasteiger partial charge is 0.317 e. The van der Waals surface area contributed by atoms with Gasteiger partial charge in [0.1, 0.15) is 0 Å². The molecule has 0 bridgehead atoms. The van der Waals surface area contributed by atoms with Gasteiger partial charge in [-0.1, -0.05) is 18.2 Å². The van der Waals surface area contributed by atoms with E-state index in [9.17, 15) is 4.79 Å². The summed E-state index contributed by atoms with van der Waals surface area (Å²) in [4.78, 5) is 15.3. The quantitative estimate of drug-likeness (QED) is 0.910. The first kappa shape index (κ1) is 13.4. The molecule has 2 aliphatic rings. The molecule has 2 aliphatic heterocycles. The minimum Gasteiger partial charge on any atom is -0.480 e. The Bertz CT molecular complexity index is 481. The zero-order valence-electron chi connectivity index (χ0n) is 11.8. The maximum absolute atomic E-state index is 10.7. The second kappa shape index (κ2) is 5.83. The van der Waals surface area contributed by atoms with Crippen molar-refractivity contribution in [2.24, 2.45) is 5.92 Å². The highest BCUT2D eigenvalue weighted by atomic mass is 16.4. The Morgan fingerprint density at radius 3 is 2.70 bits per heavy atom. The first-order valence-corrected chi connectivity index (χ1v) is 7.49. The molecular formula is C16H22N2O2. The summed E-state index contributed by atoms with van der Waals surface area (Å²) in [5, 5.41) is 8.82. The average molecular weight is 274 g/mol. The van der Waals surface area contributed by atoms with E-state index in [0.717, 1.165) is 45.4 Å². The van der Waals surface area contributed by atoms with E-state index in [-0.39, 0.29) is 6.54 Å². The number of likely N-dealkylation sites (tertiary alicyclic amines) is 1. The first-order chi connectivity index (χ1) is 9.72. The fraction of sp³-hybridized carbons (Fsp3) is 0.562. The van der Waals surface area contributed by atoms with Crippen molar-refractivity contribution < 1.29 is 9.90 Å². The van der Waals surface area contributed by atoms with Gasteiger partial charge in [0.15, 0.2) is 0 Å². The van der Waals surface area contributed by atoms with Crippen molar-refractivity contribution in [2.45, 2.75) is 19.3 Å². The topological polar surface area (TPSA) is 43.8 Å². The Kier molecular flexibility index (Phi) is 3.92. The predicted octanol–water partition coefficient (Wildman–Crippen LogP) is 1.85. The molecule has 1 N–H and O–H groups in total. The summed E-state index contributed by atoms with van der Waals surface area (Å²) in [6, 6.07) is 8.69. The number of carboxylic acid groups (broad SMARTS) is 1. The summed E-state index contributed by atoms with van der Waals surface area (Å²) in [7, 11) is 0. The van der Waals surface area contributed by atoms with Gasteiger partial charge in [-0.3, -0.25) is 9.69 Å². The molecule has 0 saturated carbocycles. The Labute approximate surface area is 120 Å². The lowest BCUT2D eigenvalue weighted by Crippen LogP contribution is -2.40. The number of benzene rings is 1. The Balaban J connectivity index is 1.52. The first-order valence-electron chi connectivity index (χ1n) is 7.49. The van der Waals surface area contributed by atoms with Gasteiger partial charge < -0.3 is 10.0 Å². The van der Waals surface area contributed by atoms with Crippen LogP contribution >= 0.6 is 0 Å². The predicted molar refractivity (Wildman–Crippen MR) is 79.2 cm³/mol. The number of piperidine rings is 1. The molecule has 3 rings (SSSR count). The van der Waals surface area contributed by atoms with Crippen molar-refractivity contribution in [1.82, 2.24) is 4.90 Å². The molecular weight excluding hydrogens is 252 g/mol. The Morgan fingerprint density at radius 1 is 1.20 bits per heavy atom. The lowest BCUT2D eigenvalue weighted by atomic mass is 9.96. The van der Waals surface area contributed by atoms with Crippen LogP contribution in [0.4, 0.5) is 5.69 Å². The number of carbonyl (C=O) groups is 1. The minimum atomic E-state index is -0.711. The van der Waals surface area contributed by atoms with E-state index in [1.54, 1.807) is 0 Å². The van der Waals surface area contributed by atoms with Gasteiger partial charge in [0.05, 0.1) is 6.54 Å². The third kappa shape index (κ3) is 2.96. The number of para-hydroxylation sites is 1. The molecule has 1 saturated heterocycles. The number of anilines is 1. The number of aliphatic carboxylic acids is 1. The fourth-order valence-electron chi connectivity index (χ4n) is 3.43. The molecule has 0 radical (unpaired) electrons. The third-order valence-corrected chi connectivity index (χ3v) is 4.53. The van der Waals surface area contributed by atoms with Gasteiger partial charge in [-0.2, -0.15) is 0 Å². The number of carboxylic acids is 1. The van der Waals surface area contributed by atoms with E-state index in [4.69, 9.17) is 5.11 Å². The van der Waals surface area contributed by atoms with Gasteiger partial charge in [-0.05, 0) is 49.9 Å². The van der Waals surface area contributed by atoms with E-state index in [2.05, 4.69) is 34.1 Å². The van der Waals surface area contributed by atoms with Gasteiger partial charge in [-0.15, -0.1) is 0 Å². The van der Waals surface area contributed by atoms with Crippen molar-refractivity contribution in [3.8, 4) is 0 Å². The standard InChI is InChI=1S/C16H22N2O2/c19-16(20)12-17-8-5-13(6-9-17)11-18-10-7-14-3-1-2-4-15(14)18/h1-4,13H,5-12H2,(H,19,20). The maximum atomic E-state index is 10.7. The number of hydrogen-bond donors (Lipinski definition) is 1. The number of fused-ring (bicyclic) bond motifs is 1. The SMILES string of the molecule is O=C(O)CN1CCC(CN2CCc3ccccc32)CC1. The fourth-order valence-corrected chi connectivity index (χ4v) is 3.43. The normalized spacial score (nSPS) is 20.1. The molecule has 1 fully saturated rings. The Hall–Kier alpha value is -1.55. The van der Waals surface area contributed by atoms with Gasteiger partial charge in [0.2, 0.25) is 0 Å². The van der Waals surface area contributed by atoms with Crippen molar-refractivity contribution in [2.75, 3.05) is 37.6 Å². The molecule has 0 unspecified atom stereocenters. The molecule has 0 spiro atoms. The number of nitrogens with zero attached hydrogens (tertiary/aromatic N) is 2. The molecule has 1 aromatic carbocycles. The van der Waals surface area contributed by atoms with Crippen LogP contribution in [-0.4, -0.2) is 48.7 Å². The summed E-state index contributed by atoms with van der Waals surface area (Å²) in [6.45, 7) is 4.30. The molecule has 20 heavy (non-hydrogen) atoms. The van der Waals surface area contributed by atoms with E-state index >= 15 is 0 Å². The average Bonchev–Trinajstić information content (AvgIpc) is 2.84. The lowest BCUT2D eigenvalue weighted by Gasteiger charge is -2.33. The number of hydrogen-bond acceptors (Lipinski definition) is 3. The molecule has 108 valence electrons. The zero-order chi connectivity index (χ0) is 13.9. The molecule has 0 aliphatic carbocycles. The third-order valence-electron chi connectivity index (χ3n) is 4.53. The summed E-state index contributed by atoms with van der Waals surface area (Å²) < 4.78 is 0. The molecule has 0 atom stereocenters. The molecule has 2 heterocycles. The van der Waals surface area contributed by atoms with Crippen LogP contribution in [0.2, 0.25) is 0 Å². The van der Waals surface area contributed by atoms with E-state index in [1.165, 1.54) is 11.3 Å². The van der Waals surface area contributed by atoms with Gasteiger partial charge in [-0.25, -0.2) is 0 Å². The highest BCUT2D eigenvalue weighted by Crippen LogP contribution is 2.29. The molecule has 4 nitrogen and oxygen atoms in total. The van der Waals surface area contributed by atoms with Crippen LogP contribution in [0, 0.1) is 5.92 Å². The highest BCUT2D eigenvalue weighted by molar-refractivity contribution is 5.69. The monoisotopic (exact) mass is 274 g/mol. The van der Waals surface area contributed by atoms with E-state index in [1.807, 2.05) is 0 Å². The number of rotatable bonds is 4. The van der Waals surface area contributed by atoms with Crippen molar-refractivity contribution in [3.63, 3.8) is 0 Å². The molecule has 0 aromatic heterocycles. The summed E-state index contributed by atoms with van der Waals surface area (Å²) in [6.07, 6.45) is 3.39. The van der Waals surface area contributed by atoms with Crippen LogP contribution in [0.1, 0.15) is 18.4 Å². The van der Waals surface area contributed by atoms with Gasteiger partial charge in [0, 0.05) is 18.8 Å². The second-order valence-electron chi connectivity index (χ2n) is 5.94. The summed E-state index contributed by atoms with van der Waals surface area (Å²) >= 11 is 0. The molecule has 4 heteroatoms. The maximum Gasteiger partial charge on any atom is 0.317 e. The van der Waals surface area contributed by atoms with Crippen LogP contribution in [0.3, 0.4) is 0 Å². The van der Waals surface area contributed by atoms with E-state index in [0.29, 0.717) is 5.92 Å². The van der Waals surface area contributed by atoms with Crippen LogP contribution in [-0.2, 0) is 11.2 Å². The van der Waals surface area contributed by atoms with Crippen molar-refractivity contribution in [1.29, 1.82) is 0 Å². The highest BCUT2D eigenvalue weighted by Gasteiger charge is 2.25. The lowest BCUT2D eigenvalue weighted by molar-refractivity contribution is -0.138. The largest absolute Gasteiger partial charge is 0.480 e. The van der Waals surface area contributed by atoms with Crippen LogP contribution in [0.25, 0.3) is 0 Å². The molecule has 0 amide bonds. The summed E-state index contributed by atoms with van der Waals surface area (Å²) in [5.74, 6) is -0.0110. The van der Waals surface area contributed by atoms with Gasteiger partial charge in [0.25, 0.3) is 0 Å². The van der Waals surface area contributed by atoms with Crippen LogP contribution in [0.5, 0.6) is 0 Å². The van der Waals surface area contributed by atoms with E-state index < -0.39 is 5.97 Å².